The summed E-state index contributed by atoms with van der Waals surface area (Å²) in [4.78, 5) is 34.3. The average Bonchev–Trinajstić information content (AvgIpc) is 3.06. The van der Waals surface area contributed by atoms with Crippen LogP contribution < -0.4 is 10.6 Å². The van der Waals surface area contributed by atoms with Crippen LogP contribution in [0.1, 0.15) is 35.8 Å². The molecule has 0 saturated heterocycles. The van der Waals surface area contributed by atoms with Gasteiger partial charge in [0, 0.05) is 12.1 Å². The van der Waals surface area contributed by atoms with Crippen molar-refractivity contribution in [2.75, 3.05) is 11.9 Å². The Hall–Kier alpha value is -3.37. The predicted octanol–water partition coefficient (Wildman–Crippen LogP) is 2.44. The molecule has 0 aliphatic carbocycles. The summed E-state index contributed by atoms with van der Waals surface area (Å²) < 4.78 is 40.4. The van der Waals surface area contributed by atoms with Gasteiger partial charge in [-0.1, -0.05) is 13.0 Å². The summed E-state index contributed by atoms with van der Waals surface area (Å²) in [6.45, 7) is 1.52. The molecule has 0 unspecified atom stereocenters. The van der Waals surface area contributed by atoms with Crippen molar-refractivity contribution in [2.45, 2.75) is 25.9 Å². The molecule has 8 nitrogen and oxygen atoms in total. The number of hydrogen-bond acceptors (Lipinski definition) is 4. The molecule has 1 aromatic carbocycles. The van der Waals surface area contributed by atoms with Crippen LogP contribution in [0.3, 0.4) is 0 Å². The van der Waals surface area contributed by atoms with Crippen LogP contribution in [-0.2, 0) is 15.8 Å². The predicted molar refractivity (Wildman–Crippen MR) is 92.1 cm³/mol. The molecule has 2 amide bonds. The van der Waals surface area contributed by atoms with E-state index in [-0.39, 0.29) is 30.2 Å². The molecule has 0 radical (unpaired) electrons. The van der Waals surface area contributed by atoms with Gasteiger partial charge in [-0.15, -0.1) is 0 Å². The number of aromatic nitrogens is 2. The van der Waals surface area contributed by atoms with Crippen molar-refractivity contribution in [2.24, 2.45) is 0 Å². The van der Waals surface area contributed by atoms with Gasteiger partial charge in [-0.2, -0.15) is 18.3 Å². The molecule has 1 aromatic heterocycles. The highest BCUT2D eigenvalue weighted by molar-refractivity contribution is 5.94. The largest absolute Gasteiger partial charge is 0.478 e. The molecule has 1 heterocycles. The molecule has 11 heteroatoms. The quantitative estimate of drug-likeness (QED) is 0.663. The maximum absolute atomic E-state index is 13.3. The molecule has 0 aliphatic rings. The number of carbonyl (C=O) groups is 3. The Labute approximate surface area is 157 Å². The summed E-state index contributed by atoms with van der Waals surface area (Å²) in [6, 6.07) is 5.30. The van der Waals surface area contributed by atoms with E-state index >= 15 is 0 Å². The highest BCUT2D eigenvalue weighted by Gasteiger charge is 2.40. The number of benzene rings is 1. The van der Waals surface area contributed by atoms with Crippen molar-refractivity contribution >= 4 is 23.5 Å². The number of carboxylic acids is 1. The lowest BCUT2D eigenvalue weighted by Crippen LogP contribution is -2.32. The summed E-state index contributed by atoms with van der Waals surface area (Å²) in [5.74, 6) is -2.62. The molecule has 150 valence electrons. The molecule has 28 heavy (non-hydrogen) atoms. The van der Waals surface area contributed by atoms with Gasteiger partial charge in [0.1, 0.15) is 5.56 Å². The summed E-state index contributed by atoms with van der Waals surface area (Å²) in [6.07, 6.45) is -3.44. The van der Waals surface area contributed by atoms with Crippen LogP contribution in [0.15, 0.2) is 30.5 Å². The second kappa shape index (κ2) is 8.55. The fraction of sp³-hybridized carbons (Fsp3) is 0.294. The van der Waals surface area contributed by atoms with Gasteiger partial charge in [0.15, 0.2) is 5.69 Å². The average molecular weight is 398 g/mol. The number of aromatic carboxylic acids is 1. The Morgan fingerprint density at radius 1 is 1.21 bits per heavy atom. The van der Waals surface area contributed by atoms with Gasteiger partial charge >= 0.3 is 12.1 Å². The van der Waals surface area contributed by atoms with Gasteiger partial charge in [0.05, 0.1) is 18.4 Å². The van der Waals surface area contributed by atoms with E-state index in [9.17, 15) is 27.6 Å². The van der Waals surface area contributed by atoms with E-state index in [1.165, 1.54) is 24.3 Å². The van der Waals surface area contributed by atoms with E-state index in [2.05, 4.69) is 15.7 Å². The van der Waals surface area contributed by atoms with Crippen molar-refractivity contribution < 1.29 is 32.7 Å². The van der Waals surface area contributed by atoms with Crippen molar-refractivity contribution in [3.8, 4) is 5.69 Å². The minimum atomic E-state index is -4.95. The van der Waals surface area contributed by atoms with Crippen LogP contribution in [0.4, 0.5) is 18.9 Å². The summed E-state index contributed by atoms with van der Waals surface area (Å²) in [5.41, 5.74) is -2.35. The minimum absolute atomic E-state index is 0.0901. The Bertz CT molecular complexity index is 893. The molecule has 0 saturated carbocycles. The molecule has 0 atom stereocenters. The number of nitrogens with zero attached hydrogens (tertiary/aromatic N) is 2. The minimum Gasteiger partial charge on any atom is -0.478 e. The Kier molecular flexibility index (Phi) is 6.39. The third-order valence-electron chi connectivity index (χ3n) is 3.57. The number of alkyl halides is 3. The number of amides is 2. The molecule has 0 spiro atoms. The van der Waals surface area contributed by atoms with E-state index in [0.29, 0.717) is 17.3 Å². The van der Waals surface area contributed by atoms with Crippen molar-refractivity contribution in [1.29, 1.82) is 0 Å². The highest BCUT2D eigenvalue weighted by Crippen LogP contribution is 2.34. The zero-order valence-electron chi connectivity index (χ0n) is 14.7. The molecule has 0 aliphatic heterocycles. The summed E-state index contributed by atoms with van der Waals surface area (Å²) in [7, 11) is 0. The Morgan fingerprint density at radius 3 is 2.54 bits per heavy atom. The van der Waals surface area contributed by atoms with Crippen LogP contribution in [0.2, 0.25) is 0 Å². The first-order chi connectivity index (χ1) is 13.1. The van der Waals surface area contributed by atoms with Gasteiger partial charge in [-0.25, -0.2) is 9.48 Å². The SMILES string of the molecule is CCCC(=O)NCC(=O)Nc1cccc(-n2ncc(C(=O)O)c2C(F)(F)F)c1. The van der Waals surface area contributed by atoms with E-state index in [1.54, 1.807) is 0 Å². The maximum atomic E-state index is 13.3. The van der Waals surface area contributed by atoms with Crippen molar-refractivity contribution in [3.05, 3.63) is 41.7 Å². The molecular weight excluding hydrogens is 381 g/mol. The fourth-order valence-corrected chi connectivity index (χ4v) is 2.39. The molecule has 2 aromatic rings. The monoisotopic (exact) mass is 398 g/mol. The topological polar surface area (TPSA) is 113 Å². The van der Waals surface area contributed by atoms with E-state index in [0.717, 1.165) is 0 Å². The van der Waals surface area contributed by atoms with Crippen LogP contribution in [0.5, 0.6) is 0 Å². The lowest BCUT2D eigenvalue weighted by Gasteiger charge is -2.13. The third-order valence-corrected chi connectivity index (χ3v) is 3.57. The maximum Gasteiger partial charge on any atom is 0.434 e. The molecule has 2 rings (SSSR count). The standard InChI is InChI=1S/C17H17F3N4O4/c1-2-4-13(25)21-9-14(26)23-10-5-3-6-11(7-10)24-15(17(18,19)20)12(8-22-24)16(27)28/h3,5-8H,2,4,9H2,1H3,(H,21,25)(H,23,26)(H,27,28). The smallest absolute Gasteiger partial charge is 0.434 e. The number of halogens is 3. The van der Waals surface area contributed by atoms with Crippen molar-refractivity contribution in [3.63, 3.8) is 0 Å². The summed E-state index contributed by atoms with van der Waals surface area (Å²) in [5, 5.41) is 17.3. The number of hydrogen-bond donors (Lipinski definition) is 3. The summed E-state index contributed by atoms with van der Waals surface area (Å²) >= 11 is 0. The first-order valence-electron chi connectivity index (χ1n) is 8.19. The zero-order chi connectivity index (χ0) is 20.9. The van der Waals surface area contributed by atoms with E-state index in [1.807, 2.05) is 6.92 Å². The second-order valence-electron chi connectivity index (χ2n) is 5.75. The lowest BCUT2D eigenvalue weighted by molar-refractivity contribution is -0.143. The Morgan fingerprint density at radius 2 is 1.93 bits per heavy atom. The van der Waals surface area contributed by atoms with Gasteiger partial charge in [0.2, 0.25) is 11.8 Å². The second-order valence-corrected chi connectivity index (χ2v) is 5.75. The van der Waals surface area contributed by atoms with Gasteiger partial charge < -0.3 is 15.7 Å². The first kappa shape index (κ1) is 20.9. The first-order valence-corrected chi connectivity index (χ1v) is 8.19. The van der Waals surface area contributed by atoms with Crippen molar-refractivity contribution in [1.82, 2.24) is 15.1 Å². The number of rotatable bonds is 7. The molecule has 0 bridgehead atoms. The molecule has 0 fully saturated rings. The number of nitrogens with one attached hydrogen (secondary N) is 2. The van der Waals surface area contributed by atoms with Crippen LogP contribution in [0.25, 0.3) is 5.69 Å². The van der Waals surface area contributed by atoms with Crippen LogP contribution in [0, 0.1) is 0 Å². The molecular formula is C17H17F3N4O4. The van der Waals surface area contributed by atoms with Gasteiger partial charge in [-0.05, 0) is 24.6 Å². The number of carbonyl (C=O) groups excluding carboxylic acids is 2. The van der Waals surface area contributed by atoms with Gasteiger partial charge in [-0.3, -0.25) is 9.59 Å². The third kappa shape index (κ3) is 5.09. The van der Waals surface area contributed by atoms with Crippen LogP contribution in [-0.4, -0.2) is 39.2 Å². The number of anilines is 1. The number of carboxylic acid groups (broad SMARTS) is 1. The van der Waals surface area contributed by atoms with Gasteiger partial charge in [0.25, 0.3) is 0 Å². The Balaban J connectivity index is 2.23. The fourth-order valence-electron chi connectivity index (χ4n) is 2.39. The zero-order valence-corrected chi connectivity index (χ0v) is 14.7. The highest BCUT2D eigenvalue weighted by atomic mass is 19.4. The van der Waals surface area contributed by atoms with E-state index < -0.39 is 29.3 Å². The van der Waals surface area contributed by atoms with Crippen LogP contribution >= 0.6 is 0 Å². The molecule has 3 N–H and O–H groups in total. The lowest BCUT2D eigenvalue weighted by atomic mass is 10.2. The normalized spacial score (nSPS) is 11.1. The van der Waals surface area contributed by atoms with E-state index in [4.69, 9.17) is 5.11 Å².